The number of para-hydroxylation sites is 1. The molecule has 2 aromatic rings. The van der Waals surface area contributed by atoms with Crippen LogP contribution in [0.2, 0.25) is 0 Å². The molecule has 0 atom stereocenters. The van der Waals surface area contributed by atoms with Gasteiger partial charge in [0.2, 0.25) is 0 Å². The molecular formula is C33H54N4O3. The van der Waals surface area contributed by atoms with Gasteiger partial charge in [0.15, 0.2) is 0 Å². The largest absolute Gasteiger partial charge is 0.381 e. The zero-order valence-corrected chi connectivity index (χ0v) is 25.4. The van der Waals surface area contributed by atoms with Crippen LogP contribution in [0.5, 0.6) is 0 Å². The Morgan fingerprint density at radius 1 is 0.900 bits per heavy atom. The molecule has 224 valence electrons. The summed E-state index contributed by atoms with van der Waals surface area (Å²) in [6.07, 6.45) is 13.5. The van der Waals surface area contributed by atoms with E-state index >= 15 is 0 Å². The molecule has 2 N–H and O–H groups in total. The van der Waals surface area contributed by atoms with Gasteiger partial charge in [-0.1, -0.05) is 101 Å². The summed E-state index contributed by atoms with van der Waals surface area (Å²) in [4.78, 5) is 13.3. The molecule has 1 aliphatic rings. The molecule has 0 bridgehead atoms. The van der Waals surface area contributed by atoms with Crippen molar-refractivity contribution in [1.29, 1.82) is 5.26 Å². The van der Waals surface area contributed by atoms with Crippen molar-refractivity contribution in [3.05, 3.63) is 75.8 Å². The summed E-state index contributed by atoms with van der Waals surface area (Å²) in [6, 6.07) is 19.3. The Kier molecular flexibility index (Phi) is 25.8. The van der Waals surface area contributed by atoms with Gasteiger partial charge in [0.1, 0.15) is 0 Å². The van der Waals surface area contributed by atoms with E-state index in [1.807, 2.05) is 18.2 Å². The van der Waals surface area contributed by atoms with Crippen molar-refractivity contribution in [2.24, 2.45) is 5.73 Å². The van der Waals surface area contributed by atoms with Gasteiger partial charge in [0, 0.05) is 44.9 Å². The van der Waals surface area contributed by atoms with Gasteiger partial charge in [0.05, 0.1) is 11.0 Å². The van der Waals surface area contributed by atoms with Crippen LogP contribution in [0.25, 0.3) is 0 Å². The summed E-state index contributed by atoms with van der Waals surface area (Å²) >= 11 is 0. The molecule has 0 spiro atoms. The molecule has 1 fully saturated rings. The van der Waals surface area contributed by atoms with E-state index in [-0.39, 0.29) is 10.6 Å². The summed E-state index contributed by atoms with van der Waals surface area (Å²) in [5.74, 6) is 0. The molecule has 1 saturated heterocycles. The van der Waals surface area contributed by atoms with Crippen LogP contribution >= 0.6 is 0 Å². The van der Waals surface area contributed by atoms with Crippen molar-refractivity contribution in [3.63, 3.8) is 0 Å². The second-order valence-corrected chi connectivity index (χ2v) is 9.85. The second kappa shape index (κ2) is 27.8. The Morgan fingerprint density at radius 3 is 2.00 bits per heavy atom. The van der Waals surface area contributed by atoms with E-state index in [0.717, 1.165) is 51.3 Å². The number of nitrogens with two attached hydrogens (primary N) is 1. The first-order valence-electron chi connectivity index (χ1n) is 15.1. The van der Waals surface area contributed by atoms with Crippen LogP contribution in [0.4, 0.5) is 5.69 Å². The van der Waals surface area contributed by atoms with E-state index in [9.17, 15) is 10.1 Å². The molecule has 1 heterocycles. The molecule has 1 aliphatic heterocycles. The SMILES string of the molecule is C1CCOC1.CC#N.CCCCCCN.CCCCCCN(CCc1ccccc1)Cc1ccccc1[N+](=O)[O-]. The zero-order chi connectivity index (χ0) is 29.7. The van der Waals surface area contributed by atoms with Crippen molar-refractivity contribution in [3.8, 4) is 6.07 Å². The first-order valence-corrected chi connectivity index (χ1v) is 15.1. The minimum atomic E-state index is -0.276. The smallest absolute Gasteiger partial charge is 0.273 e. The van der Waals surface area contributed by atoms with Crippen LogP contribution in [0, 0.1) is 21.4 Å². The Labute approximate surface area is 243 Å². The van der Waals surface area contributed by atoms with E-state index in [2.05, 4.69) is 43.0 Å². The second-order valence-electron chi connectivity index (χ2n) is 9.85. The number of nitro groups is 1. The molecule has 0 radical (unpaired) electrons. The lowest BCUT2D eigenvalue weighted by atomic mass is 10.1. The maximum Gasteiger partial charge on any atom is 0.273 e. The number of benzene rings is 2. The molecule has 0 saturated carbocycles. The number of ether oxygens (including phenoxy) is 1. The molecule has 0 unspecified atom stereocenters. The molecule has 0 aromatic heterocycles. The van der Waals surface area contributed by atoms with Crippen molar-refractivity contribution in [2.45, 2.75) is 97.9 Å². The van der Waals surface area contributed by atoms with Gasteiger partial charge in [-0.2, -0.15) is 5.26 Å². The van der Waals surface area contributed by atoms with Crippen LogP contribution in [-0.4, -0.2) is 42.7 Å². The summed E-state index contributed by atoms with van der Waals surface area (Å²) in [5.41, 5.74) is 7.60. The van der Waals surface area contributed by atoms with Crippen molar-refractivity contribution < 1.29 is 9.66 Å². The number of nitrogens with zero attached hydrogens (tertiary/aromatic N) is 3. The van der Waals surface area contributed by atoms with Crippen LogP contribution in [0.1, 0.15) is 96.1 Å². The highest BCUT2D eigenvalue weighted by atomic mass is 16.6. The standard InChI is InChI=1S/C21H28N2O2.C6H15N.C4H8O.C2H3N/c1-2-3-4-10-16-22(17-15-19-11-6-5-7-12-19)18-20-13-8-9-14-21(20)23(24)25;1-2-3-4-5-6-7;1-2-4-5-3-1;1-2-3/h5-9,11-14H,2-4,10,15-18H2,1H3;2-7H2,1H3;1-4H2;1H3. The van der Waals surface area contributed by atoms with E-state index in [1.165, 1.54) is 70.3 Å². The molecule has 7 heteroatoms. The van der Waals surface area contributed by atoms with Crippen LogP contribution in [-0.2, 0) is 17.7 Å². The summed E-state index contributed by atoms with van der Waals surface area (Å²) in [6.45, 7) is 11.2. The Bertz CT molecular complexity index is 871. The highest BCUT2D eigenvalue weighted by molar-refractivity contribution is 5.39. The first kappa shape index (κ1) is 37.2. The molecule has 0 amide bonds. The summed E-state index contributed by atoms with van der Waals surface area (Å²) < 4.78 is 4.94. The van der Waals surface area contributed by atoms with E-state index in [4.69, 9.17) is 15.7 Å². The topological polar surface area (TPSA) is 105 Å². The van der Waals surface area contributed by atoms with Gasteiger partial charge in [0.25, 0.3) is 5.69 Å². The average Bonchev–Trinajstić information content (AvgIpc) is 3.56. The Hall–Kier alpha value is -2.79. The Balaban J connectivity index is 0.000000824. The molecule has 2 aromatic carbocycles. The van der Waals surface area contributed by atoms with Gasteiger partial charge in [-0.25, -0.2) is 0 Å². The quantitative estimate of drug-likeness (QED) is 0.136. The van der Waals surface area contributed by atoms with Gasteiger partial charge in [-0.05, 0) is 50.8 Å². The zero-order valence-electron chi connectivity index (χ0n) is 25.4. The average molecular weight is 555 g/mol. The predicted molar refractivity (Wildman–Crippen MR) is 167 cm³/mol. The molecular weight excluding hydrogens is 500 g/mol. The summed E-state index contributed by atoms with van der Waals surface area (Å²) in [5, 5.41) is 18.6. The highest BCUT2D eigenvalue weighted by Crippen LogP contribution is 2.20. The lowest BCUT2D eigenvalue weighted by Crippen LogP contribution is -2.27. The Morgan fingerprint density at radius 2 is 1.48 bits per heavy atom. The number of nitro benzene ring substituents is 1. The first-order chi connectivity index (χ1) is 19.5. The monoisotopic (exact) mass is 554 g/mol. The number of hydrogen-bond donors (Lipinski definition) is 1. The van der Waals surface area contributed by atoms with Crippen molar-refractivity contribution in [1.82, 2.24) is 4.90 Å². The minimum Gasteiger partial charge on any atom is -0.381 e. The van der Waals surface area contributed by atoms with E-state index in [0.29, 0.717) is 6.54 Å². The number of rotatable bonds is 15. The van der Waals surface area contributed by atoms with E-state index < -0.39 is 0 Å². The third-order valence-electron chi connectivity index (χ3n) is 6.35. The van der Waals surface area contributed by atoms with E-state index in [1.54, 1.807) is 18.2 Å². The fourth-order valence-electron chi connectivity index (χ4n) is 4.11. The summed E-state index contributed by atoms with van der Waals surface area (Å²) in [7, 11) is 0. The van der Waals surface area contributed by atoms with Gasteiger partial charge >= 0.3 is 0 Å². The molecule has 7 nitrogen and oxygen atoms in total. The maximum atomic E-state index is 11.3. The van der Waals surface area contributed by atoms with Crippen LogP contribution < -0.4 is 5.73 Å². The van der Waals surface area contributed by atoms with Crippen LogP contribution in [0.15, 0.2) is 54.6 Å². The lowest BCUT2D eigenvalue weighted by Gasteiger charge is -2.22. The normalized spacial score (nSPS) is 11.7. The van der Waals surface area contributed by atoms with Crippen molar-refractivity contribution in [2.75, 3.05) is 32.8 Å². The van der Waals surface area contributed by atoms with Gasteiger partial charge in [-0.3, -0.25) is 15.0 Å². The molecule has 40 heavy (non-hydrogen) atoms. The third kappa shape index (κ3) is 21.1. The van der Waals surface area contributed by atoms with Gasteiger partial charge < -0.3 is 10.5 Å². The number of hydrogen-bond acceptors (Lipinski definition) is 6. The molecule has 3 rings (SSSR count). The van der Waals surface area contributed by atoms with Crippen LogP contribution in [0.3, 0.4) is 0 Å². The lowest BCUT2D eigenvalue weighted by molar-refractivity contribution is -0.385. The molecule has 0 aliphatic carbocycles. The minimum absolute atomic E-state index is 0.223. The fourth-order valence-corrected chi connectivity index (χ4v) is 4.11. The van der Waals surface area contributed by atoms with Gasteiger partial charge in [-0.15, -0.1) is 0 Å². The fraction of sp³-hybridized carbons (Fsp3) is 0.606. The maximum absolute atomic E-state index is 11.3. The predicted octanol–water partition coefficient (Wildman–Crippen LogP) is 8.07. The highest BCUT2D eigenvalue weighted by Gasteiger charge is 2.15. The number of nitriles is 1. The van der Waals surface area contributed by atoms with Crippen molar-refractivity contribution >= 4 is 5.69 Å². The number of unbranched alkanes of at least 4 members (excludes halogenated alkanes) is 6. The third-order valence-corrected chi connectivity index (χ3v) is 6.35.